The third-order valence-electron chi connectivity index (χ3n) is 2.90. The predicted molar refractivity (Wildman–Crippen MR) is 74.8 cm³/mol. The van der Waals surface area contributed by atoms with Crippen LogP contribution in [0.25, 0.3) is 0 Å². The van der Waals surface area contributed by atoms with Crippen molar-refractivity contribution in [1.29, 1.82) is 0 Å². The van der Waals surface area contributed by atoms with Crippen LogP contribution in [0.1, 0.15) is 17.2 Å². The van der Waals surface area contributed by atoms with E-state index in [4.69, 9.17) is 9.47 Å². The quantitative estimate of drug-likeness (QED) is 0.798. The molecule has 4 heteroatoms. The Labute approximate surface area is 117 Å². The number of carbonyl (C=O) groups excluding carboxylic acids is 1. The highest BCUT2D eigenvalue weighted by Gasteiger charge is 2.19. The Morgan fingerprint density at radius 1 is 0.900 bits per heavy atom. The van der Waals surface area contributed by atoms with Gasteiger partial charge in [0.05, 0.1) is 14.2 Å². The number of ether oxygens (including phenoxy) is 3. The first-order chi connectivity index (χ1) is 9.74. The molecule has 2 aromatic carbocycles. The van der Waals surface area contributed by atoms with Gasteiger partial charge < -0.3 is 14.2 Å². The van der Waals surface area contributed by atoms with Gasteiger partial charge in [0.2, 0.25) is 0 Å². The second kappa shape index (κ2) is 6.61. The molecule has 0 heterocycles. The highest BCUT2D eigenvalue weighted by molar-refractivity contribution is 5.60. The molecule has 4 nitrogen and oxygen atoms in total. The summed E-state index contributed by atoms with van der Waals surface area (Å²) in [7, 11) is 2.90. The van der Waals surface area contributed by atoms with Crippen LogP contribution in [0.2, 0.25) is 0 Å². The molecule has 0 aliphatic heterocycles. The minimum absolute atomic E-state index is 0.505. The van der Waals surface area contributed by atoms with Crippen LogP contribution in [-0.4, -0.2) is 20.4 Å². The lowest BCUT2D eigenvalue weighted by molar-refractivity contribution is 0.0498. The highest BCUT2D eigenvalue weighted by Crippen LogP contribution is 2.27. The van der Waals surface area contributed by atoms with Crippen LogP contribution in [0, 0.1) is 0 Å². The fourth-order valence-electron chi connectivity index (χ4n) is 1.88. The van der Waals surface area contributed by atoms with Gasteiger partial charge in [0, 0.05) is 0 Å². The maximum atomic E-state index is 11.4. The van der Waals surface area contributed by atoms with Gasteiger partial charge in [0.15, 0.2) is 6.10 Å². The molecule has 0 bridgehead atoms. The number of hydrogen-bond donors (Lipinski definition) is 0. The Morgan fingerprint density at radius 2 is 1.50 bits per heavy atom. The zero-order valence-electron chi connectivity index (χ0n) is 11.4. The van der Waals surface area contributed by atoms with E-state index in [1.165, 1.54) is 7.11 Å². The lowest BCUT2D eigenvalue weighted by Gasteiger charge is -2.18. The first-order valence-corrected chi connectivity index (χ1v) is 6.18. The normalized spacial score (nSPS) is 11.5. The lowest BCUT2D eigenvalue weighted by Crippen LogP contribution is -2.12. The molecule has 2 rings (SSSR count). The van der Waals surface area contributed by atoms with Crippen molar-refractivity contribution in [3.63, 3.8) is 0 Å². The molecule has 0 N–H and O–H groups in total. The molecule has 0 fully saturated rings. The van der Waals surface area contributed by atoms with Crippen molar-refractivity contribution in [1.82, 2.24) is 0 Å². The minimum Gasteiger partial charge on any atom is -0.497 e. The maximum absolute atomic E-state index is 11.4. The summed E-state index contributed by atoms with van der Waals surface area (Å²) in [5.41, 5.74) is 1.73. The molecular formula is C16H16O4. The second-order valence-electron chi connectivity index (χ2n) is 4.14. The van der Waals surface area contributed by atoms with Gasteiger partial charge in [-0.05, 0) is 23.3 Å². The van der Waals surface area contributed by atoms with E-state index in [1.807, 2.05) is 54.6 Å². The smallest absolute Gasteiger partial charge is 0.497 e. The van der Waals surface area contributed by atoms with Crippen molar-refractivity contribution in [3.8, 4) is 5.75 Å². The maximum Gasteiger partial charge on any atom is 0.508 e. The Morgan fingerprint density at radius 3 is 2.05 bits per heavy atom. The molecule has 0 aromatic heterocycles. The SMILES string of the molecule is COC(=O)OC(c1ccccc1)c1ccc(OC)cc1. The van der Waals surface area contributed by atoms with E-state index in [9.17, 15) is 4.79 Å². The van der Waals surface area contributed by atoms with Crippen LogP contribution in [0.4, 0.5) is 4.79 Å². The topological polar surface area (TPSA) is 44.8 Å². The van der Waals surface area contributed by atoms with Gasteiger partial charge in [0.1, 0.15) is 5.75 Å². The average molecular weight is 272 g/mol. The molecule has 104 valence electrons. The molecule has 1 unspecified atom stereocenters. The van der Waals surface area contributed by atoms with Crippen LogP contribution < -0.4 is 4.74 Å². The first kappa shape index (κ1) is 13.9. The number of methoxy groups -OCH3 is 2. The average Bonchev–Trinajstić information content (AvgIpc) is 2.53. The number of carbonyl (C=O) groups is 1. The van der Waals surface area contributed by atoms with Crippen LogP contribution in [0.3, 0.4) is 0 Å². The fourth-order valence-corrected chi connectivity index (χ4v) is 1.88. The van der Waals surface area contributed by atoms with Gasteiger partial charge in [-0.2, -0.15) is 0 Å². The van der Waals surface area contributed by atoms with Gasteiger partial charge in [-0.1, -0.05) is 42.5 Å². The van der Waals surface area contributed by atoms with E-state index in [-0.39, 0.29) is 0 Å². The fraction of sp³-hybridized carbons (Fsp3) is 0.188. The van der Waals surface area contributed by atoms with E-state index in [0.717, 1.165) is 16.9 Å². The van der Waals surface area contributed by atoms with E-state index in [2.05, 4.69) is 4.74 Å². The molecule has 20 heavy (non-hydrogen) atoms. The van der Waals surface area contributed by atoms with Crippen LogP contribution >= 0.6 is 0 Å². The minimum atomic E-state index is -0.713. The molecule has 0 spiro atoms. The molecule has 0 aliphatic carbocycles. The first-order valence-electron chi connectivity index (χ1n) is 6.18. The van der Waals surface area contributed by atoms with Crippen molar-refractivity contribution in [2.24, 2.45) is 0 Å². The van der Waals surface area contributed by atoms with Crippen molar-refractivity contribution in [2.75, 3.05) is 14.2 Å². The zero-order valence-corrected chi connectivity index (χ0v) is 11.4. The molecule has 0 radical (unpaired) electrons. The number of rotatable bonds is 4. The van der Waals surface area contributed by atoms with E-state index >= 15 is 0 Å². The summed E-state index contributed by atoms with van der Waals surface area (Å²) in [6, 6.07) is 16.9. The summed E-state index contributed by atoms with van der Waals surface area (Å²) in [4.78, 5) is 11.4. The van der Waals surface area contributed by atoms with Gasteiger partial charge in [-0.25, -0.2) is 4.79 Å². The Bertz CT molecular complexity index is 548. The Hall–Kier alpha value is -2.49. The van der Waals surface area contributed by atoms with Gasteiger partial charge in [-0.3, -0.25) is 0 Å². The highest BCUT2D eigenvalue weighted by atomic mass is 16.7. The van der Waals surface area contributed by atoms with E-state index in [1.54, 1.807) is 7.11 Å². The summed E-state index contributed by atoms with van der Waals surface area (Å²) < 4.78 is 15.1. The van der Waals surface area contributed by atoms with Crippen molar-refractivity contribution < 1.29 is 19.0 Å². The zero-order chi connectivity index (χ0) is 14.4. The van der Waals surface area contributed by atoms with E-state index in [0.29, 0.717) is 0 Å². The summed E-state index contributed by atoms with van der Waals surface area (Å²) in [6.45, 7) is 0. The van der Waals surface area contributed by atoms with E-state index < -0.39 is 12.3 Å². The van der Waals surface area contributed by atoms with Crippen LogP contribution in [-0.2, 0) is 9.47 Å². The van der Waals surface area contributed by atoms with Crippen molar-refractivity contribution >= 4 is 6.16 Å². The molecule has 0 saturated heterocycles. The van der Waals surface area contributed by atoms with Crippen molar-refractivity contribution in [3.05, 3.63) is 65.7 Å². The largest absolute Gasteiger partial charge is 0.508 e. The standard InChI is InChI=1S/C16H16O4/c1-18-14-10-8-13(9-11-14)15(20-16(17)19-2)12-6-4-3-5-7-12/h3-11,15H,1-2H3. The molecule has 1 atom stereocenters. The third-order valence-corrected chi connectivity index (χ3v) is 2.90. The molecule has 0 saturated carbocycles. The molecule has 2 aromatic rings. The lowest BCUT2D eigenvalue weighted by atomic mass is 10.0. The summed E-state index contributed by atoms with van der Waals surface area (Å²) >= 11 is 0. The van der Waals surface area contributed by atoms with Crippen molar-refractivity contribution in [2.45, 2.75) is 6.10 Å². The third kappa shape index (κ3) is 3.29. The number of hydrogen-bond acceptors (Lipinski definition) is 4. The predicted octanol–water partition coefficient (Wildman–Crippen LogP) is 3.57. The summed E-state index contributed by atoms with van der Waals surface area (Å²) in [6.07, 6.45) is -1.22. The molecular weight excluding hydrogens is 256 g/mol. The molecule has 0 amide bonds. The van der Waals surface area contributed by atoms with Gasteiger partial charge in [-0.15, -0.1) is 0 Å². The molecule has 0 aliphatic rings. The number of benzene rings is 2. The summed E-state index contributed by atoms with van der Waals surface area (Å²) in [5.74, 6) is 0.749. The van der Waals surface area contributed by atoms with Crippen LogP contribution in [0.5, 0.6) is 5.75 Å². The van der Waals surface area contributed by atoms with Crippen LogP contribution in [0.15, 0.2) is 54.6 Å². The Kier molecular flexibility index (Phi) is 4.60. The summed E-state index contributed by atoms with van der Waals surface area (Å²) in [5, 5.41) is 0. The second-order valence-corrected chi connectivity index (χ2v) is 4.14. The van der Waals surface area contributed by atoms with Gasteiger partial charge >= 0.3 is 6.16 Å². The monoisotopic (exact) mass is 272 g/mol. The van der Waals surface area contributed by atoms with Gasteiger partial charge in [0.25, 0.3) is 0 Å². The Balaban J connectivity index is 2.32.